The summed E-state index contributed by atoms with van der Waals surface area (Å²) >= 11 is 0. The van der Waals surface area contributed by atoms with Crippen LogP contribution in [0, 0.1) is 5.82 Å². The second-order valence-corrected chi connectivity index (χ2v) is 4.61. The number of aryl methyl sites for hydroxylation is 1. The predicted molar refractivity (Wildman–Crippen MR) is 66.8 cm³/mol. The van der Waals surface area contributed by atoms with E-state index in [4.69, 9.17) is 0 Å². The topological polar surface area (TPSA) is 28.4 Å². The minimum Gasteiger partial charge on any atom is -0.504 e. The van der Waals surface area contributed by atoms with Gasteiger partial charge in [0.15, 0.2) is 11.6 Å². The monoisotopic (exact) mass is 236 g/mol. The van der Waals surface area contributed by atoms with Crippen molar-refractivity contribution in [3.05, 3.63) is 29.7 Å². The van der Waals surface area contributed by atoms with Gasteiger partial charge in [0.05, 0.1) is 5.52 Å². The van der Waals surface area contributed by atoms with Crippen LogP contribution in [0.1, 0.15) is 5.56 Å². The first-order valence-electron chi connectivity index (χ1n) is 5.61. The van der Waals surface area contributed by atoms with Gasteiger partial charge < -0.3 is 14.6 Å². The van der Waals surface area contributed by atoms with Crippen molar-refractivity contribution < 1.29 is 9.50 Å². The van der Waals surface area contributed by atoms with Gasteiger partial charge in [-0.25, -0.2) is 4.39 Å². The van der Waals surface area contributed by atoms with E-state index in [9.17, 15) is 9.50 Å². The van der Waals surface area contributed by atoms with Crippen molar-refractivity contribution in [1.82, 2.24) is 9.47 Å². The minimum absolute atomic E-state index is 0.239. The third-order valence-electron chi connectivity index (χ3n) is 2.99. The van der Waals surface area contributed by atoms with Crippen LogP contribution in [0.3, 0.4) is 0 Å². The molecule has 2 rings (SSSR count). The number of aromatic hydroxyl groups is 1. The Labute approximate surface area is 100 Å². The standard InChI is InChI=1S/C13H17FN2O/c1-15(2)7-6-9-8-16(3)11-5-4-10(14)13(17)12(9)11/h4-5,8,17H,6-7H2,1-3H3. The fraction of sp³-hybridized carbons (Fsp3) is 0.385. The molecule has 0 unspecified atom stereocenters. The third-order valence-corrected chi connectivity index (χ3v) is 2.99. The summed E-state index contributed by atoms with van der Waals surface area (Å²) in [6.07, 6.45) is 2.74. The van der Waals surface area contributed by atoms with E-state index in [0.717, 1.165) is 24.0 Å². The number of rotatable bonds is 3. The van der Waals surface area contributed by atoms with E-state index in [2.05, 4.69) is 4.90 Å². The fourth-order valence-corrected chi connectivity index (χ4v) is 2.07. The van der Waals surface area contributed by atoms with Gasteiger partial charge in [0, 0.05) is 25.2 Å². The summed E-state index contributed by atoms with van der Waals surface area (Å²) in [5.41, 5.74) is 1.84. The number of likely N-dealkylation sites (N-methyl/N-ethyl adjacent to an activating group) is 1. The first-order chi connectivity index (χ1) is 8.00. The summed E-state index contributed by atoms with van der Waals surface area (Å²) in [6.45, 7) is 0.870. The first kappa shape index (κ1) is 11.9. The van der Waals surface area contributed by atoms with Gasteiger partial charge >= 0.3 is 0 Å². The lowest BCUT2D eigenvalue weighted by atomic mass is 10.1. The van der Waals surface area contributed by atoms with E-state index < -0.39 is 5.82 Å². The molecule has 0 aliphatic carbocycles. The summed E-state index contributed by atoms with van der Waals surface area (Å²) in [7, 11) is 5.88. The number of benzene rings is 1. The second-order valence-electron chi connectivity index (χ2n) is 4.61. The van der Waals surface area contributed by atoms with Crippen molar-refractivity contribution in [3.63, 3.8) is 0 Å². The van der Waals surface area contributed by atoms with E-state index in [1.165, 1.54) is 6.07 Å². The second kappa shape index (κ2) is 4.37. The van der Waals surface area contributed by atoms with Gasteiger partial charge in [-0.05, 0) is 38.2 Å². The summed E-state index contributed by atoms with van der Waals surface area (Å²) in [6, 6.07) is 3.00. The zero-order valence-electron chi connectivity index (χ0n) is 10.4. The average Bonchev–Trinajstić information content (AvgIpc) is 2.58. The highest BCUT2D eigenvalue weighted by Crippen LogP contribution is 2.31. The van der Waals surface area contributed by atoms with Crippen LogP contribution in [0.25, 0.3) is 10.9 Å². The molecule has 1 aromatic heterocycles. The van der Waals surface area contributed by atoms with Gasteiger partial charge in [-0.2, -0.15) is 0 Å². The van der Waals surface area contributed by atoms with Crippen molar-refractivity contribution in [2.24, 2.45) is 7.05 Å². The Balaban J connectivity index is 2.52. The Morgan fingerprint density at radius 1 is 1.35 bits per heavy atom. The van der Waals surface area contributed by atoms with Crippen molar-refractivity contribution in [1.29, 1.82) is 0 Å². The van der Waals surface area contributed by atoms with Gasteiger partial charge in [-0.15, -0.1) is 0 Å². The van der Waals surface area contributed by atoms with Crippen LogP contribution in [0.4, 0.5) is 4.39 Å². The van der Waals surface area contributed by atoms with Gasteiger partial charge in [-0.1, -0.05) is 0 Å². The molecule has 0 aliphatic heterocycles. The van der Waals surface area contributed by atoms with Gasteiger partial charge in [0.25, 0.3) is 0 Å². The molecular formula is C13H17FN2O. The van der Waals surface area contributed by atoms with Crippen molar-refractivity contribution in [3.8, 4) is 5.75 Å². The van der Waals surface area contributed by atoms with E-state index in [1.54, 1.807) is 6.07 Å². The highest BCUT2D eigenvalue weighted by atomic mass is 19.1. The predicted octanol–water partition coefficient (Wildman–Crippen LogP) is 2.13. The minimum atomic E-state index is -0.560. The number of halogens is 1. The van der Waals surface area contributed by atoms with Crippen molar-refractivity contribution in [2.45, 2.75) is 6.42 Å². The normalized spacial score (nSPS) is 11.6. The zero-order valence-corrected chi connectivity index (χ0v) is 10.4. The van der Waals surface area contributed by atoms with Crippen LogP contribution in [0.5, 0.6) is 5.75 Å². The average molecular weight is 236 g/mol. The molecule has 0 bridgehead atoms. The Bertz CT molecular complexity index is 546. The number of phenolic OH excluding ortho intramolecular Hbond substituents is 1. The summed E-state index contributed by atoms with van der Waals surface area (Å²) in [4.78, 5) is 2.06. The molecule has 1 N–H and O–H groups in total. The molecule has 3 nitrogen and oxygen atoms in total. The molecule has 0 spiro atoms. The Morgan fingerprint density at radius 2 is 2.06 bits per heavy atom. The fourth-order valence-electron chi connectivity index (χ4n) is 2.07. The van der Waals surface area contributed by atoms with E-state index in [0.29, 0.717) is 5.39 Å². The van der Waals surface area contributed by atoms with Crippen LogP contribution in [0.15, 0.2) is 18.3 Å². The third kappa shape index (κ3) is 2.13. The number of phenols is 1. The quantitative estimate of drug-likeness (QED) is 0.884. The molecule has 4 heteroatoms. The molecule has 0 radical (unpaired) electrons. The van der Waals surface area contributed by atoms with Crippen LogP contribution >= 0.6 is 0 Å². The van der Waals surface area contributed by atoms with Crippen LogP contribution in [-0.4, -0.2) is 35.2 Å². The van der Waals surface area contributed by atoms with E-state index in [-0.39, 0.29) is 5.75 Å². The van der Waals surface area contributed by atoms with Gasteiger partial charge in [0.2, 0.25) is 0 Å². The van der Waals surface area contributed by atoms with Crippen molar-refractivity contribution >= 4 is 10.9 Å². The molecule has 0 atom stereocenters. The van der Waals surface area contributed by atoms with E-state index in [1.807, 2.05) is 31.9 Å². The highest BCUT2D eigenvalue weighted by Gasteiger charge is 2.14. The maximum absolute atomic E-state index is 13.4. The number of nitrogens with zero attached hydrogens (tertiary/aromatic N) is 2. The molecule has 0 aliphatic rings. The number of hydrogen-bond donors (Lipinski definition) is 1. The van der Waals surface area contributed by atoms with Crippen LogP contribution in [-0.2, 0) is 13.5 Å². The summed E-state index contributed by atoms with van der Waals surface area (Å²) < 4.78 is 15.3. The zero-order chi connectivity index (χ0) is 12.6. The Hall–Kier alpha value is -1.55. The Morgan fingerprint density at radius 3 is 2.71 bits per heavy atom. The molecule has 0 fully saturated rings. The van der Waals surface area contributed by atoms with Gasteiger partial charge in [0.1, 0.15) is 0 Å². The molecule has 0 saturated carbocycles. The molecule has 92 valence electrons. The molecular weight excluding hydrogens is 219 g/mol. The van der Waals surface area contributed by atoms with Crippen LogP contribution in [0.2, 0.25) is 0 Å². The number of hydrogen-bond acceptors (Lipinski definition) is 2. The maximum Gasteiger partial charge on any atom is 0.165 e. The van der Waals surface area contributed by atoms with Crippen molar-refractivity contribution in [2.75, 3.05) is 20.6 Å². The molecule has 0 amide bonds. The number of aromatic nitrogens is 1. The SMILES string of the molecule is CN(C)CCc1cn(C)c2ccc(F)c(O)c12. The first-order valence-corrected chi connectivity index (χ1v) is 5.61. The van der Waals surface area contributed by atoms with E-state index >= 15 is 0 Å². The summed E-state index contributed by atoms with van der Waals surface area (Å²) in [5.74, 6) is -0.799. The Kier molecular flexibility index (Phi) is 3.07. The molecule has 0 saturated heterocycles. The molecule has 17 heavy (non-hydrogen) atoms. The highest BCUT2D eigenvalue weighted by molar-refractivity contribution is 5.89. The van der Waals surface area contributed by atoms with Gasteiger partial charge in [-0.3, -0.25) is 0 Å². The molecule has 1 aromatic carbocycles. The lowest BCUT2D eigenvalue weighted by Gasteiger charge is -2.08. The number of fused-ring (bicyclic) bond motifs is 1. The van der Waals surface area contributed by atoms with Crippen LogP contribution < -0.4 is 0 Å². The summed E-state index contributed by atoms with van der Waals surface area (Å²) in [5, 5.41) is 10.4. The molecule has 2 aromatic rings. The maximum atomic E-state index is 13.4. The lowest BCUT2D eigenvalue weighted by molar-refractivity contribution is 0.413. The smallest absolute Gasteiger partial charge is 0.165 e. The molecule has 1 heterocycles. The lowest BCUT2D eigenvalue weighted by Crippen LogP contribution is -2.14. The largest absolute Gasteiger partial charge is 0.504 e.